The molecule has 0 spiro atoms. The number of pyridine rings is 1. The highest BCUT2D eigenvalue weighted by molar-refractivity contribution is 6.30. The Bertz CT molecular complexity index is 787. The molecule has 23 heavy (non-hydrogen) atoms. The van der Waals surface area contributed by atoms with Gasteiger partial charge in [-0.1, -0.05) is 28.9 Å². The van der Waals surface area contributed by atoms with Crippen molar-refractivity contribution in [2.45, 2.75) is 13.0 Å². The van der Waals surface area contributed by atoms with Crippen LogP contribution in [0.5, 0.6) is 0 Å². The summed E-state index contributed by atoms with van der Waals surface area (Å²) in [5.41, 5.74) is 1.50. The third kappa shape index (κ3) is 3.85. The quantitative estimate of drug-likeness (QED) is 0.747. The molecule has 1 atom stereocenters. The van der Waals surface area contributed by atoms with Crippen molar-refractivity contribution in [3.05, 3.63) is 47.6 Å². The zero-order valence-corrected chi connectivity index (χ0v) is 13.2. The van der Waals surface area contributed by atoms with Crippen molar-refractivity contribution in [1.29, 1.82) is 0 Å². The van der Waals surface area contributed by atoms with E-state index in [0.717, 1.165) is 5.56 Å². The van der Waals surface area contributed by atoms with E-state index in [9.17, 15) is 5.11 Å². The van der Waals surface area contributed by atoms with Crippen LogP contribution in [0.25, 0.3) is 22.8 Å². The third-order valence-corrected chi connectivity index (χ3v) is 3.33. The Balaban J connectivity index is 1.77. The van der Waals surface area contributed by atoms with Gasteiger partial charge in [-0.2, -0.15) is 4.98 Å². The molecule has 2 N–H and O–H groups in total. The molecule has 0 radical (unpaired) electrons. The molecular weight excluding hydrogens is 316 g/mol. The number of halogens is 1. The van der Waals surface area contributed by atoms with Gasteiger partial charge in [0.2, 0.25) is 5.82 Å². The summed E-state index contributed by atoms with van der Waals surface area (Å²) >= 11 is 5.97. The fourth-order valence-electron chi connectivity index (χ4n) is 1.96. The summed E-state index contributed by atoms with van der Waals surface area (Å²) < 4.78 is 5.28. The van der Waals surface area contributed by atoms with Gasteiger partial charge in [0, 0.05) is 23.3 Å². The molecule has 118 valence electrons. The third-order valence-electron chi connectivity index (χ3n) is 3.10. The Labute approximate surface area is 138 Å². The summed E-state index contributed by atoms with van der Waals surface area (Å²) in [5, 5.41) is 16.8. The summed E-state index contributed by atoms with van der Waals surface area (Å²) in [6, 6.07) is 10.9. The second-order valence-corrected chi connectivity index (χ2v) is 5.53. The lowest BCUT2D eigenvalue weighted by atomic mass is 10.2. The van der Waals surface area contributed by atoms with Crippen LogP contribution in [0, 0.1) is 0 Å². The lowest BCUT2D eigenvalue weighted by Crippen LogP contribution is -2.15. The Morgan fingerprint density at radius 1 is 1.26 bits per heavy atom. The summed E-state index contributed by atoms with van der Waals surface area (Å²) in [4.78, 5) is 8.61. The van der Waals surface area contributed by atoms with Gasteiger partial charge >= 0.3 is 0 Å². The molecule has 6 nitrogen and oxygen atoms in total. The first kappa shape index (κ1) is 15.5. The number of nitrogens with one attached hydrogen (secondary N) is 1. The highest BCUT2D eigenvalue weighted by atomic mass is 35.5. The van der Waals surface area contributed by atoms with E-state index in [2.05, 4.69) is 20.4 Å². The van der Waals surface area contributed by atoms with Gasteiger partial charge in [-0.15, -0.1) is 0 Å². The molecule has 3 aromatic rings. The van der Waals surface area contributed by atoms with Gasteiger partial charge in [0.05, 0.1) is 11.7 Å². The molecule has 3 rings (SSSR count). The van der Waals surface area contributed by atoms with E-state index in [1.54, 1.807) is 31.3 Å². The van der Waals surface area contributed by atoms with Gasteiger partial charge in [-0.25, -0.2) is 4.98 Å². The van der Waals surface area contributed by atoms with Crippen LogP contribution in [0.15, 0.2) is 47.1 Å². The van der Waals surface area contributed by atoms with Crippen LogP contribution in [-0.4, -0.2) is 32.9 Å². The molecule has 0 saturated heterocycles. The number of anilines is 1. The standard InChI is InChI=1S/C16H15ClN4O2/c1-10(22)8-18-14-6-5-12(9-19-14)16-20-15(21-23-16)11-3-2-4-13(17)7-11/h2-7,9-10,22H,8H2,1H3,(H,18,19)/t10-/m0/s1. The van der Waals surface area contributed by atoms with Crippen LogP contribution in [0.3, 0.4) is 0 Å². The van der Waals surface area contributed by atoms with Crippen molar-refractivity contribution in [1.82, 2.24) is 15.1 Å². The van der Waals surface area contributed by atoms with Crippen molar-refractivity contribution in [2.75, 3.05) is 11.9 Å². The first-order valence-corrected chi connectivity index (χ1v) is 7.47. The van der Waals surface area contributed by atoms with Crippen LogP contribution < -0.4 is 5.32 Å². The number of nitrogens with zero attached hydrogens (tertiary/aromatic N) is 3. The molecular formula is C16H15ClN4O2. The number of benzene rings is 1. The van der Waals surface area contributed by atoms with Crippen LogP contribution in [0.4, 0.5) is 5.82 Å². The molecule has 2 heterocycles. The number of aromatic nitrogens is 3. The molecule has 0 aliphatic carbocycles. The molecule has 0 fully saturated rings. The number of hydrogen-bond donors (Lipinski definition) is 2. The molecule has 0 unspecified atom stereocenters. The maximum Gasteiger partial charge on any atom is 0.259 e. The lowest BCUT2D eigenvalue weighted by molar-refractivity contribution is 0.208. The predicted molar refractivity (Wildman–Crippen MR) is 88.1 cm³/mol. The van der Waals surface area contributed by atoms with E-state index in [1.165, 1.54) is 0 Å². The second-order valence-electron chi connectivity index (χ2n) is 5.10. The number of rotatable bonds is 5. The van der Waals surface area contributed by atoms with Crippen molar-refractivity contribution >= 4 is 17.4 Å². The summed E-state index contributed by atoms with van der Waals surface area (Å²) in [6.45, 7) is 2.14. The topological polar surface area (TPSA) is 84.1 Å². The van der Waals surface area contributed by atoms with Gasteiger partial charge in [0.1, 0.15) is 5.82 Å². The van der Waals surface area contributed by atoms with Crippen LogP contribution in [-0.2, 0) is 0 Å². The van der Waals surface area contributed by atoms with E-state index in [0.29, 0.717) is 34.7 Å². The van der Waals surface area contributed by atoms with E-state index < -0.39 is 6.10 Å². The van der Waals surface area contributed by atoms with Gasteiger partial charge in [-0.05, 0) is 31.2 Å². The average Bonchev–Trinajstić information content (AvgIpc) is 3.03. The summed E-state index contributed by atoms with van der Waals surface area (Å²) in [7, 11) is 0. The highest BCUT2D eigenvalue weighted by Gasteiger charge is 2.11. The van der Waals surface area contributed by atoms with E-state index in [1.807, 2.05) is 18.2 Å². The van der Waals surface area contributed by atoms with Crippen LogP contribution >= 0.6 is 11.6 Å². The second kappa shape index (κ2) is 6.76. The van der Waals surface area contributed by atoms with E-state index in [-0.39, 0.29) is 0 Å². The van der Waals surface area contributed by atoms with E-state index >= 15 is 0 Å². The molecule has 0 aliphatic heterocycles. The molecule has 2 aromatic heterocycles. The smallest absolute Gasteiger partial charge is 0.259 e. The Hall–Kier alpha value is -2.44. The van der Waals surface area contributed by atoms with Gasteiger partial charge in [-0.3, -0.25) is 0 Å². The predicted octanol–water partition coefficient (Wildman–Crippen LogP) is 3.24. The fourth-order valence-corrected chi connectivity index (χ4v) is 2.15. The van der Waals surface area contributed by atoms with Crippen LogP contribution in [0.2, 0.25) is 5.02 Å². The summed E-state index contributed by atoms with van der Waals surface area (Å²) in [6.07, 6.45) is 1.20. The molecule has 7 heteroatoms. The first-order chi connectivity index (χ1) is 11.1. The van der Waals surface area contributed by atoms with Crippen molar-refractivity contribution in [2.24, 2.45) is 0 Å². The fraction of sp³-hybridized carbons (Fsp3) is 0.188. The number of aliphatic hydroxyl groups is 1. The largest absolute Gasteiger partial charge is 0.392 e. The van der Waals surface area contributed by atoms with Gasteiger partial charge in [0.25, 0.3) is 5.89 Å². The average molecular weight is 331 g/mol. The monoisotopic (exact) mass is 330 g/mol. The van der Waals surface area contributed by atoms with Crippen LogP contribution in [0.1, 0.15) is 6.92 Å². The van der Waals surface area contributed by atoms with E-state index in [4.69, 9.17) is 16.1 Å². The van der Waals surface area contributed by atoms with Crippen molar-refractivity contribution in [3.8, 4) is 22.8 Å². The Kier molecular flexibility index (Phi) is 4.55. The highest BCUT2D eigenvalue weighted by Crippen LogP contribution is 2.24. The van der Waals surface area contributed by atoms with Gasteiger partial charge < -0.3 is 14.9 Å². The maximum absolute atomic E-state index is 9.24. The lowest BCUT2D eigenvalue weighted by Gasteiger charge is -2.07. The normalized spacial score (nSPS) is 12.1. The SMILES string of the molecule is C[C@H](O)CNc1ccc(-c2nc(-c3cccc(Cl)c3)no2)cn1. The summed E-state index contributed by atoms with van der Waals surface area (Å²) in [5.74, 6) is 1.53. The molecule has 0 bridgehead atoms. The minimum Gasteiger partial charge on any atom is -0.392 e. The zero-order valence-electron chi connectivity index (χ0n) is 12.4. The maximum atomic E-state index is 9.24. The molecule has 1 aromatic carbocycles. The zero-order chi connectivity index (χ0) is 16.2. The Morgan fingerprint density at radius 3 is 2.83 bits per heavy atom. The number of hydrogen-bond acceptors (Lipinski definition) is 6. The van der Waals surface area contributed by atoms with Gasteiger partial charge in [0.15, 0.2) is 0 Å². The Morgan fingerprint density at radius 2 is 2.13 bits per heavy atom. The molecule has 0 saturated carbocycles. The number of aliphatic hydroxyl groups excluding tert-OH is 1. The first-order valence-electron chi connectivity index (χ1n) is 7.10. The molecule has 0 aliphatic rings. The van der Waals surface area contributed by atoms with Crippen molar-refractivity contribution < 1.29 is 9.63 Å². The minimum absolute atomic E-state index is 0.384. The van der Waals surface area contributed by atoms with Crippen molar-refractivity contribution in [3.63, 3.8) is 0 Å². The molecule has 0 amide bonds. The minimum atomic E-state index is -0.437.